The summed E-state index contributed by atoms with van der Waals surface area (Å²) in [6, 6.07) is 8.51. The summed E-state index contributed by atoms with van der Waals surface area (Å²) in [5.74, 6) is 1.16. The van der Waals surface area contributed by atoms with E-state index < -0.39 is 0 Å². The lowest BCUT2D eigenvalue weighted by atomic mass is 10.0. The molecule has 6 nitrogen and oxygen atoms in total. The number of carbonyl (C=O) groups is 1. The van der Waals surface area contributed by atoms with Crippen LogP contribution in [0.3, 0.4) is 0 Å². The van der Waals surface area contributed by atoms with Gasteiger partial charge in [0.2, 0.25) is 0 Å². The van der Waals surface area contributed by atoms with Crippen molar-refractivity contribution in [3.63, 3.8) is 0 Å². The summed E-state index contributed by atoms with van der Waals surface area (Å²) in [6.45, 7) is 12.0. The summed E-state index contributed by atoms with van der Waals surface area (Å²) < 4.78 is 0. The first-order chi connectivity index (χ1) is 14.6. The van der Waals surface area contributed by atoms with E-state index in [1.807, 2.05) is 36.1 Å². The van der Waals surface area contributed by atoms with Gasteiger partial charge in [0.25, 0.3) is 5.91 Å². The Bertz CT molecular complexity index is 887. The SMILES string of the molecule is CCC(CC)N1CCN(c2ncnc3c2CCN(C(=O)c2cccc(C)c2)C3)CC1. The molecule has 1 aromatic carbocycles. The van der Waals surface area contributed by atoms with E-state index in [4.69, 9.17) is 0 Å². The third-order valence-corrected chi connectivity index (χ3v) is 6.61. The second kappa shape index (κ2) is 9.13. The average Bonchev–Trinajstić information content (AvgIpc) is 2.79. The number of hydrogen-bond donors (Lipinski definition) is 0. The first kappa shape index (κ1) is 20.8. The lowest BCUT2D eigenvalue weighted by molar-refractivity contribution is 0.0731. The zero-order chi connectivity index (χ0) is 21.1. The second-order valence-electron chi connectivity index (χ2n) is 8.46. The third kappa shape index (κ3) is 4.19. The van der Waals surface area contributed by atoms with Gasteiger partial charge in [-0.05, 0) is 38.3 Å². The van der Waals surface area contributed by atoms with Crippen LogP contribution in [0.4, 0.5) is 5.82 Å². The molecule has 0 unspecified atom stereocenters. The van der Waals surface area contributed by atoms with E-state index in [0.717, 1.165) is 55.2 Å². The Morgan fingerprint density at radius 3 is 2.53 bits per heavy atom. The van der Waals surface area contributed by atoms with Crippen molar-refractivity contribution < 1.29 is 4.79 Å². The maximum Gasteiger partial charge on any atom is 0.254 e. The Kier molecular flexibility index (Phi) is 6.32. The largest absolute Gasteiger partial charge is 0.354 e. The third-order valence-electron chi connectivity index (χ3n) is 6.61. The summed E-state index contributed by atoms with van der Waals surface area (Å²) in [6.07, 6.45) is 4.91. The number of amides is 1. The fourth-order valence-electron chi connectivity index (χ4n) is 4.85. The number of aryl methyl sites for hydroxylation is 1. The van der Waals surface area contributed by atoms with Gasteiger partial charge in [-0.2, -0.15) is 0 Å². The van der Waals surface area contributed by atoms with Gasteiger partial charge in [-0.25, -0.2) is 9.97 Å². The minimum absolute atomic E-state index is 0.0864. The lowest BCUT2D eigenvalue weighted by Gasteiger charge is -2.40. The zero-order valence-electron chi connectivity index (χ0n) is 18.5. The van der Waals surface area contributed by atoms with E-state index >= 15 is 0 Å². The highest BCUT2D eigenvalue weighted by Gasteiger charge is 2.29. The van der Waals surface area contributed by atoms with Gasteiger partial charge in [0.15, 0.2) is 0 Å². The Hall–Kier alpha value is -2.47. The van der Waals surface area contributed by atoms with Crippen molar-refractivity contribution in [2.45, 2.75) is 52.6 Å². The highest BCUT2D eigenvalue weighted by molar-refractivity contribution is 5.94. The number of hydrogen-bond acceptors (Lipinski definition) is 5. The molecule has 0 aliphatic carbocycles. The van der Waals surface area contributed by atoms with E-state index in [1.165, 1.54) is 18.4 Å². The van der Waals surface area contributed by atoms with Crippen LogP contribution in [0, 0.1) is 6.92 Å². The molecule has 30 heavy (non-hydrogen) atoms. The molecule has 2 aliphatic rings. The molecule has 2 aliphatic heterocycles. The second-order valence-corrected chi connectivity index (χ2v) is 8.46. The number of benzene rings is 1. The molecule has 0 N–H and O–H groups in total. The number of nitrogens with zero attached hydrogens (tertiary/aromatic N) is 5. The van der Waals surface area contributed by atoms with Crippen LogP contribution in [-0.2, 0) is 13.0 Å². The molecule has 0 spiro atoms. The predicted molar refractivity (Wildman–Crippen MR) is 120 cm³/mol. The van der Waals surface area contributed by atoms with Crippen molar-refractivity contribution in [3.05, 3.63) is 53.0 Å². The summed E-state index contributed by atoms with van der Waals surface area (Å²) in [5.41, 5.74) is 4.08. The zero-order valence-corrected chi connectivity index (χ0v) is 18.5. The van der Waals surface area contributed by atoms with Crippen molar-refractivity contribution in [1.82, 2.24) is 19.8 Å². The molecule has 1 saturated heterocycles. The van der Waals surface area contributed by atoms with Crippen LogP contribution < -0.4 is 4.90 Å². The van der Waals surface area contributed by atoms with Gasteiger partial charge in [-0.3, -0.25) is 9.69 Å². The van der Waals surface area contributed by atoms with Crippen LogP contribution in [0.5, 0.6) is 0 Å². The minimum Gasteiger partial charge on any atom is -0.354 e. The van der Waals surface area contributed by atoms with E-state index in [-0.39, 0.29) is 5.91 Å². The maximum absolute atomic E-state index is 13.0. The van der Waals surface area contributed by atoms with Gasteiger partial charge in [0.1, 0.15) is 12.1 Å². The molecule has 1 amide bonds. The normalized spacial score (nSPS) is 17.3. The number of carbonyl (C=O) groups excluding carboxylic acids is 1. The standard InChI is InChI=1S/C24H33N5O/c1-4-20(5-2)27-11-13-28(14-12-27)23-21-9-10-29(16-22(21)25-17-26-23)24(30)19-8-6-7-18(3)15-19/h6-8,15,17,20H,4-5,9-14,16H2,1-3H3. The Balaban J connectivity index is 1.46. The van der Waals surface area contributed by atoms with Crippen LogP contribution in [0.15, 0.2) is 30.6 Å². The van der Waals surface area contributed by atoms with Crippen LogP contribution in [0.1, 0.15) is 53.9 Å². The minimum atomic E-state index is 0.0864. The molecule has 1 fully saturated rings. The number of aromatic nitrogens is 2. The van der Waals surface area contributed by atoms with Crippen LogP contribution >= 0.6 is 0 Å². The number of piperazine rings is 1. The van der Waals surface area contributed by atoms with Crippen molar-refractivity contribution >= 4 is 11.7 Å². The number of anilines is 1. The summed E-state index contributed by atoms with van der Waals surface area (Å²) >= 11 is 0. The van der Waals surface area contributed by atoms with Gasteiger partial charge >= 0.3 is 0 Å². The van der Waals surface area contributed by atoms with Gasteiger partial charge in [-0.1, -0.05) is 31.5 Å². The first-order valence-electron chi connectivity index (χ1n) is 11.3. The molecule has 0 saturated carbocycles. The van der Waals surface area contributed by atoms with Gasteiger partial charge in [0.05, 0.1) is 12.2 Å². The fraction of sp³-hybridized carbons (Fsp3) is 0.542. The maximum atomic E-state index is 13.0. The molecule has 4 rings (SSSR count). The van der Waals surface area contributed by atoms with Crippen molar-refractivity contribution in [1.29, 1.82) is 0 Å². The number of fused-ring (bicyclic) bond motifs is 1. The van der Waals surface area contributed by atoms with E-state index in [9.17, 15) is 4.79 Å². The first-order valence-corrected chi connectivity index (χ1v) is 11.3. The van der Waals surface area contributed by atoms with E-state index in [2.05, 4.69) is 33.6 Å². The molecule has 6 heteroatoms. The predicted octanol–water partition coefficient (Wildman–Crippen LogP) is 3.29. The van der Waals surface area contributed by atoms with Crippen LogP contribution in [0.2, 0.25) is 0 Å². The Morgan fingerprint density at radius 2 is 1.83 bits per heavy atom. The average molecular weight is 408 g/mol. The van der Waals surface area contributed by atoms with E-state index in [0.29, 0.717) is 19.1 Å². The smallest absolute Gasteiger partial charge is 0.254 e. The lowest BCUT2D eigenvalue weighted by Crippen LogP contribution is -2.50. The van der Waals surface area contributed by atoms with Crippen LogP contribution in [-0.4, -0.2) is 64.4 Å². The topological polar surface area (TPSA) is 52.6 Å². The van der Waals surface area contributed by atoms with Crippen molar-refractivity contribution in [3.8, 4) is 0 Å². The highest BCUT2D eigenvalue weighted by Crippen LogP contribution is 2.27. The molecule has 1 aromatic heterocycles. The molecular weight excluding hydrogens is 374 g/mol. The van der Waals surface area contributed by atoms with Crippen molar-refractivity contribution in [2.75, 3.05) is 37.6 Å². The molecule has 0 bridgehead atoms. The molecule has 0 atom stereocenters. The van der Waals surface area contributed by atoms with Crippen LogP contribution in [0.25, 0.3) is 0 Å². The quantitative estimate of drug-likeness (QED) is 0.761. The molecule has 160 valence electrons. The Labute approximate surface area is 179 Å². The van der Waals surface area contributed by atoms with Gasteiger partial charge in [0, 0.05) is 49.9 Å². The highest BCUT2D eigenvalue weighted by atomic mass is 16.2. The molecule has 0 radical (unpaired) electrons. The van der Waals surface area contributed by atoms with Gasteiger partial charge in [-0.15, -0.1) is 0 Å². The fourth-order valence-corrected chi connectivity index (χ4v) is 4.85. The van der Waals surface area contributed by atoms with E-state index in [1.54, 1.807) is 6.33 Å². The summed E-state index contributed by atoms with van der Waals surface area (Å²) in [4.78, 5) is 29.1. The van der Waals surface area contributed by atoms with Crippen molar-refractivity contribution in [2.24, 2.45) is 0 Å². The van der Waals surface area contributed by atoms with Gasteiger partial charge < -0.3 is 9.80 Å². The molecule has 2 aromatic rings. The number of rotatable bonds is 5. The molecule has 3 heterocycles. The Morgan fingerprint density at radius 1 is 1.07 bits per heavy atom. The monoisotopic (exact) mass is 407 g/mol. The summed E-state index contributed by atoms with van der Waals surface area (Å²) in [5, 5.41) is 0. The summed E-state index contributed by atoms with van der Waals surface area (Å²) in [7, 11) is 0. The molecular formula is C24H33N5O.